The number of rotatable bonds is 7. The Morgan fingerprint density at radius 1 is 1.25 bits per heavy atom. The van der Waals surface area contributed by atoms with E-state index in [2.05, 4.69) is 10.6 Å². The van der Waals surface area contributed by atoms with Crippen LogP contribution in [-0.2, 0) is 11.4 Å². The van der Waals surface area contributed by atoms with Crippen LogP contribution in [0.15, 0.2) is 42.5 Å². The van der Waals surface area contributed by atoms with Crippen LogP contribution in [0.4, 0.5) is 11.4 Å². The lowest BCUT2D eigenvalue weighted by molar-refractivity contribution is -0.116. The van der Waals surface area contributed by atoms with Crippen LogP contribution in [0.25, 0.3) is 0 Å². The van der Waals surface area contributed by atoms with Gasteiger partial charge >= 0.3 is 0 Å². The molecule has 0 bridgehead atoms. The molecule has 0 aromatic heterocycles. The first kappa shape index (κ1) is 18.1. The predicted octanol–water partition coefficient (Wildman–Crippen LogP) is 3.67. The first-order valence-electron chi connectivity index (χ1n) is 7.73. The minimum Gasteiger partial charge on any atom is -0.494 e. The van der Waals surface area contributed by atoms with Gasteiger partial charge in [-0.25, -0.2) is 0 Å². The fraction of sp³-hybridized carbons (Fsp3) is 0.278. The van der Waals surface area contributed by atoms with Crippen molar-refractivity contribution in [2.45, 2.75) is 26.5 Å². The van der Waals surface area contributed by atoms with Gasteiger partial charge in [0.25, 0.3) is 0 Å². The second kappa shape index (κ2) is 8.57. The van der Waals surface area contributed by atoms with Crippen molar-refractivity contribution in [1.29, 1.82) is 0 Å². The van der Waals surface area contributed by atoms with Crippen molar-refractivity contribution in [2.75, 3.05) is 17.2 Å². The lowest BCUT2D eigenvalue weighted by Crippen LogP contribution is -2.31. The Morgan fingerprint density at radius 2 is 2.04 bits per heavy atom. The molecule has 0 heterocycles. The molecule has 1 amide bonds. The number of ether oxygens (including phenoxy) is 1. The number of halogens is 1. The molecule has 2 rings (SSSR count). The lowest BCUT2D eigenvalue weighted by atomic mass is 10.1. The number of amides is 1. The van der Waals surface area contributed by atoms with Crippen molar-refractivity contribution in [1.82, 2.24) is 0 Å². The van der Waals surface area contributed by atoms with Crippen LogP contribution in [0.2, 0.25) is 5.02 Å². The number of aliphatic hydroxyl groups is 1. The molecule has 0 aliphatic rings. The van der Waals surface area contributed by atoms with Crippen molar-refractivity contribution in [3.8, 4) is 5.75 Å². The van der Waals surface area contributed by atoms with Crippen LogP contribution < -0.4 is 15.4 Å². The van der Waals surface area contributed by atoms with Crippen LogP contribution in [-0.4, -0.2) is 23.7 Å². The van der Waals surface area contributed by atoms with Crippen LogP contribution in [0.5, 0.6) is 5.75 Å². The zero-order valence-corrected chi connectivity index (χ0v) is 14.4. The number of hydrogen-bond donors (Lipinski definition) is 3. The molecular weight excluding hydrogens is 328 g/mol. The Morgan fingerprint density at radius 3 is 2.71 bits per heavy atom. The molecule has 0 saturated heterocycles. The second-order valence-corrected chi connectivity index (χ2v) is 5.72. The van der Waals surface area contributed by atoms with E-state index in [-0.39, 0.29) is 12.5 Å². The van der Waals surface area contributed by atoms with E-state index in [0.29, 0.717) is 28.6 Å². The zero-order chi connectivity index (χ0) is 17.5. The smallest absolute Gasteiger partial charge is 0.246 e. The third-order valence-corrected chi connectivity index (χ3v) is 3.63. The quantitative estimate of drug-likeness (QED) is 0.714. The van der Waals surface area contributed by atoms with Crippen molar-refractivity contribution >= 4 is 28.9 Å². The topological polar surface area (TPSA) is 70.6 Å². The van der Waals surface area contributed by atoms with Crippen LogP contribution in [0.3, 0.4) is 0 Å². The van der Waals surface area contributed by atoms with Gasteiger partial charge in [0, 0.05) is 22.0 Å². The van der Waals surface area contributed by atoms with Gasteiger partial charge < -0.3 is 20.5 Å². The van der Waals surface area contributed by atoms with E-state index < -0.39 is 6.04 Å². The molecule has 0 fully saturated rings. The van der Waals surface area contributed by atoms with E-state index >= 15 is 0 Å². The molecule has 2 aromatic rings. The highest BCUT2D eigenvalue weighted by molar-refractivity contribution is 6.30. The third kappa shape index (κ3) is 4.88. The molecule has 6 heteroatoms. The molecule has 128 valence electrons. The summed E-state index contributed by atoms with van der Waals surface area (Å²) in [5.41, 5.74) is 2.05. The molecule has 1 unspecified atom stereocenters. The standard InChI is InChI=1S/C18H21ClN2O3/c1-3-24-17-8-7-16(9-13(17)11-22)20-12(2)18(23)21-15-6-4-5-14(19)10-15/h4-10,12,20,22H,3,11H2,1-2H3,(H,21,23). The molecule has 2 aromatic carbocycles. The molecule has 5 nitrogen and oxygen atoms in total. The van der Waals surface area contributed by atoms with Crippen molar-refractivity contribution in [2.24, 2.45) is 0 Å². The van der Waals surface area contributed by atoms with Gasteiger partial charge in [-0.2, -0.15) is 0 Å². The Kier molecular flexibility index (Phi) is 6.46. The summed E-state index contributed by atoms with van der Waals surface area (Å²) in [5, 5.41) is 15.9. The summed E-state index contributed by atoms with van der Waals surface area (Å²) in [7, 11) is 0. The first-order chi connectivity index (χ1) is 11.5. The summed E-state index contributed by atoms with van der Waals surface area (Å²) in [6.45, 7) is 4.04. The van der Waals surface area contributed by atoms with E-state index in [1.54, 1.807) is 43.3 Å². The Bertz CT molecular complexity index is 706. The van der Waals surface area contributed by atoms with Gasteiger partial charge in [-0.15, -0.1) is 0 Å². The Labute approximate surface area is 146 Å². The molecule has 0 aliphatic heterocycles. The highest BCUT2D eigenvalue weighted by Crippen LogP contribution is 2.23. The van der Waals surface area contributed by atoms with Gasteiger partial charge in [0.15, 0.2) is 0 Å². The molecule has 0 aliphatic carbocycles. The Balaban J connectivity index is 2.03. The highest BCUT2D eigenvalue weighted by Gasteiger charge is 2.14. The van der Waals surface area contributed by atoms with E-state index in [4.69, 9.17) is 16.3 Å². The summed E-state index contributed by atoms with van der Waals surface area (Å²) in [6, 6.07) is 11.9. The van der Waals surface area contributed by atoms with Gasteiger partial charge in [-0.1, -0.05) is 17.7 Å². The molecule has 0 saturated carbocycles. The molecule has 1 atom stereocenters. The first-order valence-corrected chi connectivity index (χ1v) is 8.10. The van der Waals surface area contributed by atoms with E-state index in [9.17, 15) is 9.90 Å². The number of hydrogen-bond acceptors (Lipinski definition) is 4. The third-order valence-electron chi connectivity index (χ3n) is 3.40. The summed E-state index contributed by atoms with van der Waals surface area (Å²) >= 11 is 5.91. The largest absolute Gasteiger partial charge is 0.494 e. The van der Waals surface area contributed by atoms with Crippen molar-refractivity contribution in [3.63, 3.8) is 0 Å². The van der Waals surface area contributed by atoms with Gasteiger partial charge in [-0.3, -0.25) is 4.79 Å². The average molecular weight is 349 g/mol. The predicted molar refractivity (Wildman–Crippen MR) is 96.7 cm³/mol. The monoisotopic (exact) mass is 348 g/mol. The second-order valence-electron chi connectivity index (χ2n) is 5.28. The van der Waals surface area contributed by atoms with Gasteiger partial charge in [0.1, 0.15) is 11.8 Å². The molecule has 24 heavy (non-hydrogen) atoms. The lowest BCUT2D eigenvalue weighted by Gasteiger charge is -2.17. The highest BCUT2D eigenvalue weighted by atomic mass is 35.5. The fourth-order valence-electron chi connectivity index (χ4n) is 2.22. The maximum absolute atomic E-state index is 12.3. The molecule has 3 N–H and O–H groups in total. The van der Waals surface area contributed by atoms with Gasteiger partial charge in [-0.05, 0) is 50.2 Å². The van der Waals surface area contributed by atoms with E-state index in [0.717, 1.165) is 5.69 Å². The normalized spacial score (nSPS) is 11.7. The van der Waals surface area contributed by atoms with Crippen LogP contribution in [0, 0.1) is 0 Å². The minimum absolute atomic E-state index is 0.131. The summed E-state index contributed by atoms with van der Waals surface area (Å²) in [4.78, 5) is 12.3. The Hall–Kier alpha value is -2.24. The summed E-state index contributed by atoms with van der Waals surface area (Å²) in [5.74, 6) is 0.457. The van der Waals surface area contributed by atoms with E-state index in [1.807, 2.05) is 13.0 Å². The molecule has 0 radical (unpaired) electrons. The van der Waals surface area contributed by atoms with Crippen molar-refractivity contribution < 1.29 is 14.6 Å². The maximum atomic E-state index is 12.3. The fourth-order valence-corrected chi connectivity index (χ4v) is 2.41. The number of aliphatic hydroxyl groups excluding tert-OH is 1. The number of nitrogens with one attached hydrogen (secondary N) is 2. The maximum Gasteiger partial charge on any atom is 0.246 e. The van der Waals surface area contributed by atoms with E-state index in [1.165, 1.54) is 0 Å². The van der Waals surface area contributed by atoms with Gasteiger partial charge in [0.05, 0.1) is 13.2 Å². The minimum atomic E-state index is -0.464. The zero-order valence-electron chi connectivity index (χ0n) is 13.7. The number of benzene rings is 2. The van der Waals surface area contributed by atoms with Crippen LogP contribution in [0.1, 0.15) is 19.4 Å². The number of carbonyl (C=O) groups is 1. The van der Waals surface area contributed by atoms with Crippen molar-refractivity contribution in [3.05, 3.63) is 53.1 Å². The SMILES string of the molecule is CCOc1ccc(NC(C)C(=O)Nc2cccc(Cl)c2)cc1CO. The molecule has 0 spiro atoms. The number of anilines is 2. The number of carbonyl (C=O) groups excluding carboxylic acids is 1. The van der Waals surface area contributed by atoms with Crippen LogP contribution >= 0.6 is 11.6 Å². The summed E-state index contributed by atoms with van der Waals surface area (Å²) in [6.07, 6.45) is 0. The summed E-state index contributed by atoms with van der Waals surface area (Å²) < 4.78 is 5.45. The molecular formula is C18H21ClN2O3. The van der Waals surface area contributed by atoms with Gasteiger partial charge in [0.2, 0.25) is 5.91 Å². The average Bonchev–Trinajstić information content (AvgIpc) is 2.56.